The number of carboxylic acid groups (broad SMARTS) is 1. The molecule has 2 N–H and O–H groups in total. The molecule has 1 aliphatic rings. The largest absolute Gasteiger partial charge is 0.481 e. The monoisotopic (exact) mass is 331 g/mol. The van der Waals surface area contributed by atoms with Crippen molar-refractivity contribution in [2.45, 2.75) is 38.1 Å². The lowest BCUT2D eigenvalue weighted by Gasteiger charge is -2.32. The summed E-state index contributed by atoms with van der Waals surface area (Å²) in [6.07, 6.45) is 2.12. The van der Waals surface area contributed by atoms with Gasteiger partial charge in [0.25, 0.3) is 0 Å². The van der Waals surface area contributed by atoms with E-state index in [-0.39, 0.29) is 30.5 Å². The number of para-hydroxylation sites is 2. The van der Waals surface area contributed by atoms with Gasteiger partial charge in [0.1, 0.15) is 0 Å². The molecule has 0 spiro atoms. The van der Waals surface area contributed by atoms with E-state index in [0.717, 1.165) is 23.9 Å². The fourth-order valence-electron chi connectivity index (χ4n) is 3.36. The molecular formula is C17H21N3O4. The number of nitrogens with one attached hydrogen (secondary N) is 1. The summed E-state index contributed by atoms with van der Waals surface area (Å²) in [5.41, 5.74) is 1.62. The van der Waals surface area contributed by atoms with Crippen LogP contribution in [-0.2, 0) is 9.59 Å². The van der Waals surface area contributed by atoms with Crippen molar-refractivity contribution in [3.05, 3.63) is 34.7 Å². The van der Waals surface area contributed by atoms with Gasteiger partial charge >= 0.3 is 11.7 Å². The van der Waals surface area contributed by atoms with E-state index < -0.39 is 5.97 Å². The molecule has 2 aromatic rings. The quantitative estimate of drug-likeness (QED) is 0.872. The van der Waals surface area contributed by atoms with E-state index in [1.165, 1.54) is 0 Å². The summed E-state index contributed by atoms with van der Waals surface area (Å²) >= 11 is 0. The highest BCUT2D eigenvalue weighted by atomic mass is 16.4. The number of carbonyl (C=O) groups excluding carboxylic acids is 1. The molecule has 128 valence electrons. The normalized spacial score (nSPS) is 15.8. The van der Waals surface area contributed by atoms with Gasteiger partial charge in [-0.15, -0.1) is 0 Å². The van der Waals surface area contributed by atoms with E-state index >= 15 is 0 Å². The van der Waals surface area contributed by atoms with E-state index in [2.05, 4.69) is 4.98 Å². The number of rotatable bonds is 5. The first-order valence-electron chi connectivity index (χ1n) is 8.25. The first-order chi connectivity index (χ1) is 11.6. The SMILES string of the molecule is O=C(O)CCCC(=O)N1CCC(n2c(=O)[nH]c3ccccc32)CC1. The summed E-state index contributed by atoms with van der Waals surface area (Å²) in [5, 5.41) is 8.63. The van der Waals surface area contributed by atoms with E-state index in [9.17, 15) is 14.4 Å². The summed E-state index contributed by atoms with van der Waals surface area (Å²) in [4.78, 5) is 39.5. The molecule has 0 radical (unpaired) electrons. The highest BCUT2D eigenvalue weighted by Crippen LogP contribution is 2.25. The predicted molar refractivity (Wildman–Crippen MR) is 88.9 cm³/mol. The standard InChI is InChI=1S/C17H21N3O4/c21-15(6-3-7-16(22)23)19-10-8-12(9-11-19)20-14-5-2-1-4-13(14)18-17(20)24/h1-2,4-5,12H,3,6-11H2,(H,18,24)(H,22,23). The van der Waals surface area contributed by atoms with Crippen molar-refractivity contribution in [1.82, 2.24) is 14.5 Å². The molecule has 1 fully saturated rings. The second-order valence-electron chi connectivity index (χ2n) is 6.18. The number of nitrogens with zero attached hydrogens (tertiary/aromatic N) is 2. The highest BCUT2D eigenvalue weighted by Gasteiger charge is 2.25. The minimum atomic E-state index is -0.875. The Bertz CT molecular complexity index is 800. The van der Waals surface area contributed by atoms with E-state index in [1.807, 2.05) is 24.3 Å². The number of piperidine rings is 1. The van der Waals surface area contributed by atoms with Gasteiger partial charge < -0.3 is 15.0 Å². The number of aromatic nitrogens is 2. The number of aromatic amines is 1. The third kappa shape index (κ3) is 3.34. The minimum absolute atomic E-state index is 0.000901. The van der Waals surface area contributed by atoms with Gasteiger partial charge in [0, 0.05) is 32.0 Å². The first-order valence-corrected chi connectivity index (χ1v) is 8.25. The number of carbonyl (C=O) groups is 2. The predicted octanol–water partition coefficient (Wildman–Crippen LogP) is 1.75. The van der Waals surface area contributed by atoms with Gasteiger partial charge in [-0.25, -0.2) is 4.79 Å². The van der Waals surface area contributed by atoms with Crippen LogP contribution in [0.4, 0.5) is 0 Å². The third-order valence-electron chi connectivity index (χ3n) is 4.59. The lowest BCUT2D eigenvalue weighted by atomic mass is 10.0. The summed E-state index contributed by atoms with van der Waals surface area (Å²) in [7, 11) is 0. The molecular weight excluding hydrogens is 310 g/mol. The van der Waals surface area contributed by atoms with E-state index in [0.29, 0.717) is 19.5 Å². The Morgan fingerprint density at radius 3 is 2.58 bits per heavy atom. The minimum Gasteiger partial charge on any atom is -0.481 e. The second kappa shape index (κ2) is 6.90. The number of imidazole rings is 1. The van der Waals surface area contributed by atoms with Crippen molar-refractivity contribution in [2.75, 3.05) is 13.1 Å². The zero-order valence-electron chi connectivity index (χ0n) is 13.4. The van der Waals surface area contributed by atoms with Crippen LogP contribution in [0.5, 0.6) is 0 Å². The van der Waals surface area contributed by atoms with Crippen LogP contribution >= 0.6 is 0 Å². The molecule has 1 aromatic carbocycles. The Morgan fingerprint density at radius 2 is 1.88 bits per heavy atom. The lowest BCUT2D eigenvalue weighted by Crippen LogP contribution is -2.40. The topological polar surface area (TPSA) is 95.4 Å². The number of carboxylic acids is 1. The van der Waals surface area contributed by atoms with Crippen LogP contribution < -0.4 is 5.69 Å². The van der Waals surface area contributed by atoms with Crippen molar-refractivity contribution in [3.8, 4) is 0 Å². The average molecular weight is 331 g/mol. The number of aliphatic carboxylic acids is 1. The van der Waals surface area contributed by atoms with Gasteiger partial charge in [-0.3, -0.25) is 14.2 Å². The molecule has 0 unspecified atom stereocenters. The molecule has 0 saturated carbocycles. The molecule has 0 atom stereocenters. The van der Waals surface area contributed by atoms with Gasteiger partial charge in [0.05, 0.1) is 11.0 Å². The van der Waals surface area contributed by atoms with Gasteiger partial charge in [0.15, 0.2) is 0 Å². The van der Waals surface area contributed by atoms with Crippen molar-refractivity contribution in [1.29, 1.82) is 0 Å². The van der Waals surface area contributed by atoms with Crippen LogP contribution in [0.2, 0.25) is 0 Å². The zero-order chi connectivity index (χ0) is 17.1. The van der Waals surface area contributed by atoms with Crippen LogP contribution in [0.1, 0.15) is 38.1 Å². The molecule has 7 nitrogen and oxygen atoms in total. The van der Waals surface area contributed by atoms with Gasteiger partial charge in [-0.2, -0.15) is 0 Å². The number of likely N-dealkylation sites (tertiary alicyclic amines) is 1. The zero-order valence-corrected chi connectivity index (χ0v) is 13.4. The molecule has 1 aromatic heterocycles. The Kier molecular flexibility index (Phi) is 4.69. The fraction of sp³-hybridized carbons (Fsp3) is 0.471. The number of hydrogen-bond acceptors (Lipinski definition) is 3. The Hall–Kier alpha value is -2.57. The molecule has 7 heteroatoms. The number of benzene rings is 1. The van der Waals surface area contributed by atoms with E-state index in [1.54, 1.807) is 9.47 Å². The van der Waals surface area contributed by atoms with Crippen LogP contribution in [0.3, 0.4) is 0 Å². The van der Waals surface area contributed by atoms with Gasteiger partial charge in [0.2, 0.25) is 5.91 Å². The molecule has 1 amide bonds. The van der Waals surface area contributed by atoms with Crippen molar-refractivity contribution < 1.29 is 14.7 Å². The van der Waals surface area contributed by atoms with Crippen LogP contribution in [0.15, 0.2) is 29.1 Å². The Balaban J connectivity index is 1.62. The third-order valence-corrected chi connectivity index (χ3v) is 4.59. The summed E-state index contributed by atoms with van der Waals surface area (Å²) in [6, 6.07) is 7.69. The number of hydrogen-bond donors (Lipinski definition) is 2. The summed E-state index contributed by atoms with van der Waals surface area (Å²) in [5.74, 6) is -0.874. The molecule has 2 heterocycles. The van der Waals surface area contributed by atoms with Crippen LogP contribution in [0.25, 0.3) is 11.0 Å². The summed E-state index contributed by atoms with van der Waals surface area (Å²) < 4.78 is 1.79. The molecule has 1 saturated heterocycles. The van der Waals surface area contributed by atoms with Crippen molar-refractivity contribution in [2.24, 2.45) is 0 Å². The maximum Gasteiger partial charge on any atom is 0.326 e. The molecule has 0 aliphatic carbocycles. The number of fused-ring (bicyclic) bond motifs is 1. The van der Waals surface area contributed by atoms with Gasteiger partial charge in [-0.1, -0.05) is 12.1 Å². The summed E-state index contributed by atoms with van der Waals surface area (Å²) in [6.45, 7) is 1.20. The molecule has 24 heavy (non-hydrogen) atoms. The first kappa shape index (κ1) is 16.3. The number of H-pyrrole nitrogens is 1. The lowest BCUT2D eigenvalue weighted by molar-refractivity contribution is -0.137. The van der Waals surface area contributed by atoms with Crippen LogP contribution in [0, 0.1) is 0 Å². The smallest absolute Gasteiger partial charge is 0.326 e. The fourth-order valence-corrected chi connectivity index (χ4v) is 3.36. The van der Waals surface area contributed by atoms with E-state index in [4.69, 9.17) is 5.11 Å². The molecule has 0 bridgehead atoms. The van der Waals surface area contributed by atoms with Crippen LogP contribution in [-0.4, -0.2) is 44.5 Å². The molecule has 1 aliphatic heterocycles. The van der Waals surface area contributed by atoms with Crippen molar-refractivity contribution >= 4 is 22.9 Å². The average Bonchev–Trinajstić information content (AvgIpc) is 2.90. The van der Waals surface area contributed by atoms with Crippen molar-refractivity contribution in [3.63, 3.8) is 0 Å². The Labute approximate surface area is 138 Å². The second-order valence-corrected chi connectivity index (χ2v) is 6.18. The Morgan fingerprint density at radius 1 is 1.17 bits per heavy atom. The van der Waals surface area contributed by atoms with Gasteiger partial charge in [-0.05, 0) is 31.4 Å². The maximum atomic E-state index is 12.2. The number of amides is 1. The maximum absolute atomic E-state index is 12.2. The highest BCUT2D eigenvalue weighted by molar-refractivity contribution is 5.77. The molecule has 3 rings (SSSR count).